The molecule has 0 spiro atoms. The van der Waals surface area contributed by atoms with Crippen molar-refractivity contribution in [2.24, 2.45) is 5.41 Å². The minimum atomic E-state index is -0.323. The maximum absolute atomic E-state index is 13.4. The number of carbonyl (C=O) groups excluding carboxylic acids is 1. The average Bonchev–Trinajstić information content (AvgIpc) is 2.44. The molecule has 1 aliphatic heterocycles. The van der Waals surface area contributed by atoms with Gasteiger partial charge in [0.05, 0.1) is 0 Å². The van der Waals surface area contributed by atoms with E-state index in [0.717, 1.165) is 6.42 Å². The molecule has 1 fully saturated rings. The lowest BCUT2D eigenvalue weighted by Crippen LogP contribution is -2.29. The minimum Gasteiger partial charge on any atom is -0.353 e. The first-order valence-corrected chi connectivity index (χ1v) is 5.53. The molecule has 16 heavy (non-hydrogen) atoms. The van der Waals surface area contributed by atoms with Crippen LogP contribution in [0.5, 0.6) is 0 Å². The maximum atomic E-state index is 13.4. The molecule has 1 N–H and O–H groups in total. The van der Waals surface area contributed by atoms with Gasteiger partial charge in [-0.1, -0.05) is 32.0 Å². The number of benzene rings is 1. The van der Waals surface area contributed by atoms with Crippen molar-refractivity contribution < 1.29 is 9.18 Å². The van der Waals surface area contributed by atoms with Crippen LogP contribution in [0.2, 0.25) is 0 Å². The summed E-state index contributed by atoms with van der Waals surface area (Å²) in [5, 5.41) is 2.91. The van der Waals surface area contributed by atoms with Crippen LogP contribution >= 0.6 is 0 Å². The van der Waals surface area contributed by atoms with Gasteiger partial charge in [0.15, 0.2) is 0 Å². The zero-order valence-electron chi connectivity index (χ0n) is 9.59. The predicted molar refractivity (Wildman–Crippen MR) is 60.4 cm³/mol. The molecule has 0 aliphatic carbocycles. The molecule has 0 aromatic heterocycles. The Hall–Kier alpha value is -1.38. The fourth-order valence-electron chi connectivity index (χ4n) is 2.19. The van der Waals surface area contributed by atoms with E-state index in [9.17, 15) is 9.18 Å². The van der Waals surface area contributed by atoms with Crippen LogP contribution in [-0.2, 0) is 11.2 Å². The van der Waals surface area contributed by atoms with Crippen molar-refractivity contribution >= 4 is 5.91 Å². The molecule has 3 heteroatoms. The van der Waals surface area contributed by atoms with E-state index in [1.165, 1.54) is 6.07 Å². The van der Waals surface area contributed by atoms with Crippen molar-refractivity contribution in [2.45, 2.75) is 32.7 Å². The number of hydrogen-bond acceptors (Lipinski definition) is 1. The molecule has 0 unspecified atom stereocenters. The molecule has 1 aliphatic rings. The van der Waals surface area contributed by atoms with Crippen molar-refractivity contribution in [3.63, 3.8) is 0 Å². The second-order valence-corrected chi connectivity index (χ2v) is 5.05. The van der Waals surface area contributed by atoms with Gasteiger partial charge in [-0.3, -0.25) is 4.79 Å². The van der Waals surface area contributed by atoms with E-state index >= 15 is 0 Å². The minimum absolute atomic E-state index is 0.0550. The van der Waals surface area contributed by atoms with Crippen LogP contribution < -0.4 is 5.32 Å². The second kappa shape index (κ2) is 3.89. The number of nitrogens with one attached hydrogen (secondary N) is 1. The van der Waals surface area contributed by atoms with Gasteiger partial charge in [0, 0.05) is 11.5 Å². The Morgan fingerprint density at radius 2 is 2.12 bits per heavy atom. The molecule has 0 bridgehead atoms. The van der Waals surface area contributed by atoms with Gasteiger partial charge in [-0.15, -0.1) is 0 Å². The second-order valence-electron chi connectivity index (χ2n) is 5.05. The average molecular weight is 221 g/mol. The monoisotopic (exact) mass is 221 g/mol. The van der Waals surface area contributed by atoms with Crippen molar-refractivity contribution in [1.29, 1.82) is 0 Å². The lowest BCUT2D eigenvalue weighted by Gasteiger charge is -2.13. The Labute approximate surface area is 94.9 Å². The Balaban J connectivity index is 2.08. The highest BCUT2D eigenvalue weighted by Crippen LogP contribution is 2.30. The highest BCUT2D eigenvalue weighted by molar-refractivity contribution is 5.84. The zero-order chi connectivity index (χ0) is 11.8. The van der Waals surface area contributed by atoms with Gasteiger partial charge in [-0.05, 0) is 24.5 Å². The highest BCUT2D eigenvalue weighted by Gasteiger charge is 2.38. The van der Waals surface area contributed by atoms with Gasteiger partial charge in [0.1, 0.15) is 5.82 Å². The van der Waals surface area contributed by atoms with Gasteiger partial charge in [-0.25, -0.2) is 4.39 Å². The van der Waals surface area contributed by atoms with Gasteiger partial charge >= 0.3 is 0 Å². The van der Waals surface area contributed by atoms with Crippen molar-refractivity contribution in [3.8, 4) is 0 Å². The summed E-state index contributed by atoms with van der Waals surface area (Å²) in [7, 11) is 0. The molecular weight excluding hydrogens is 205 g/mol. The van der Waals surface area contributed by atoms with Gasteiger partial charge < -0.3 is 5.32 Å². The van der Waals surface area contributed by atoms with Crippen molar-refractivity contribution in [3.05, 3.63) is 35.6 Å². The first-order valence-electron chi connectivity index (χ1n) is 5.53. The quantitative estimate of drug-likeness (QED) is 0.815. The Kier molecular flexibility index (Phi) is 2.70. The first-order chi connectivity index (χ1) is 7.49. The lowest BCUT2D eigenvalue weighted by atomic mass is 9.88. The Morgan fingerprint density at radius 3 is 2.69 bits per heavy atom. The van der Waals surface area contributed by atoms with Crippen LogP contribution in [0.3, 0.4) is 0 Å². The standard InChI is InChI=1S/C13H16FNO/c1-13(2)8-10(15-12(13)16)7-9-5-3-4-6-11(9)14/h3-6,10H,7-8H2,1-2H3,(H,15,16)/t10-/m0/s1. The summed E-state index contributed by atoms with van der Waals surface area (Å²) in [6, 6.07) is 6.78. The number of hydrogen-bond donors (Lipinski definition) is 1. The fraction of sp³-hybridized carbons (Fsp3) is 0.462. The molecule has 0 radical (unpaired) electrons. The van der Waals surface area contributed by atoms with Gasteiger partial charge in [0.2, 0.25) is 5.91 Å². The fourth-order valence-corrected chi connectivity index (χ4v) is 2.19. The summed E-state index contributed by atoms with van der Waals surface area (Å²) in [5.74, 6) is -0.129. The molecule has 1 heterocycles. The van der Waals surface area contributed by atoms with Crippen LogP contribution in [-0.4, -0.2) is 11.9 Å². The SMILES string of the molecule is CC1(C)C[C@H](Cc2ccccc2F)NC1=O. The summed E-state index contributed by atoms with van der Waals surface area (Å²) in [5.41, 5.74) is 0.348. The third-order valence-corrected chi connectivity index (χ3v) is 3.13. The molecule has 1 aromatic carbocycles. The Bertz CT molecular complexity index is 414. The molecule has 1 atom stereocenters. The molecule has 1 saturated heterocycles. The summed E-state index contributed by atoms with van der Waals surface area (Å²) < 4.78 is 13.4. The predicted octanol–water partition coefficient (Wildman–Crippen LogP) is 2.28. The third-order valence-electron chi connectivity index (χ3n) is 3.13. The van der Waals surface area contributed by atoms with E-state index in [0.29, 0.717) is 12.0 Å². The van der Waals surface area contributed by atoms with Crippen LogP contribution in [0.1, 0.15) is 25.8 Å². The van der Waals surface area contributed by atoms with E-state index in [-0.39, 0.29) is 23.2 Å². The number of halogens is 1. The lowest BCUT2D eigenvalue weighted by molar-refractivity contribution is -0.126. The summed E-state index contributed by atoms with van der Waals surface area (Å²) in [4.78, 5) is 11.6. The van der Waals surface area contributed by atoms with E-state index in [1.807, 2.05) is 19.9 Å². The maximum Gasteiger partial charge on any atom is 0.225 e. The van der Waals surface area contributed by atoms with Gasteiger partial charge in [0.25, 0.3) is 0 Å². The molecular formula is C13H16FNO. The molecule has 2 nitrogen and oxygen atoms in total. The summed E-state index contributed by atoms with van der Waals surface area (Å²) in [6.07, 6.45) is 1.34. The first kappa shape index (κ1) is 11.1. The van der Waals surface area contributed by atoms with E-state index in [1.54, 1.807) is 12.1 Å². The number of rotatable bonds is 2. The van der Waals surface area contributed by atoms with Crippen LogP contribution in [0, 0.1) is 11.2 Å². The highest BCUT2D eigenvalue weighted by atomic mass is 19.1. The summed E-state index contributed by atoms with van der Waals surface area (Å²) >= 11 is 0. The van der Waals surface area contributed by atoms with Gasteiger partial charge in [-0.2, -0.15) is 0 Å². The largest absolute Gasteiger partial charge is 0.353 e. The van der Waals surface area contributed by atoms with Crippen molar-refractivity contribution in [1.82, 2.24) is 5.32 Å². The number of amides is 1. The topological polar surface area (TPSA) is 29.1 Å². The van der Waals surface area contributed by atoms with Crippen LogP contribution in [0.4, 0.5) is 4.39 Å². The Morgan fingerprint density at radius 1 is 1.44 bits per heavy atom. The molecule has 86 valence electrons. The molecule has 1 amide bonds. The van der Waals surface area contributed by atoms with E-state index in [4.69, 9.17) is 0 Å². The van der Waals surface area contributed by atoms with Crippen LogP contribution in [0.25, 0.3) is 0 Å². The number of carbonyl (C=O) groups is 1. The molecule has 0 saturated carbocycles. The van der Waals surface area contributed by atoms with Crippen molar-refractivity contribution in [2.75, 3.05) is 0 Å². The van der Waals surface area contributed by atoms with E-state index < -0.39 is 0 Å². The van der Waals surface area contributed by atoms with Crippen LogP contribution in [0.15, 0.2) is 24.3 Å². The molecule has 2 rings (SSSR count). The zero-order valence-corrected chi connectivity index (χ0v) is 9.59. The normalized spacial score (nSPS) is 23.2. The smallest absolute Gasteiger partial charge is 0.225 e. The summed E-state index contributed by atoms with van der Waals surface area (Å²) in [6.45, 7) is 3.84. The van der Waals surface area contributed by atoms with E-state index in [2.05, 4.69) is 5.32 Å². The molecule has 1 aromatic rings. The third kappa shape index (κ3) is 2.08.